The van der Waals surface area contributed by atoms with Gasteiger partial charge in [0.25, 0.3) is 0 Å². The summed E-state index contributed by atoms with van der Waals surface area (Å²) in [6.07, 6.45) is 0. The predicted molar refractivity (Wildman–Crippen MR) is 91.5 cm³/mol. The highest BCUT2D eigenvalue weighted by atomic mass is 32.2. The Morgan fingerprint density at radius 1 is 1.08 bits per heavy atom. The van der Waals surface area contributed by atoms with E-state index in [1.165, 1.54) is 4.31 Å². The van der Waals surface area contributed by atoms with Crippen LogP contribution in [0.1, 0.15) is 5.56 Å². The van der Waals surface area contributed by atoms with Gasteiger partial charge < -0.3 is 10.0 Å². The van der Waals surface area contributed by atoms with Crippen LogP contribution in [0.2, 0.25) is 0 Å². The number of aliphatic carboxylic acids is 1. The van der Waals surface area contributed by atoms with Crippen LogP contribution in [0.15, 0.2) is 29.2 Å². The Bertz CT molecular complexity index is 695. The third kappa shape index (κ3) is 4.71. The number of carbonyl (C=O) groups is 2. The van der Waals surface area contributed by atoms with Crippen LogP contribution in [0.3, 0.4) is 0 Å². The fraction of sp³-hybridized carbons (Fsp3) is 0.467. The molecule has 1 aromatic carbocycles. The van der Waals surface area contributed by atoms with Crippen LogP contribution in [0.5, 0.6) is 0 Å². The molecule has 0 radical (unpaired) electrons. The van der Waals surface area contributed by atoms with Gasteiger partial charge in [0.1, 0.15) is 0 Å². The van der Waals surface area contributed by atoms with E-state index in [2.05, 4.69) is 0 Å². The Balaban J connectivity index is 1.91. The van der Waals surface area contributed by atoms with Crippen LogP contribution in [-0.2, 0) is 19.6 Å². The van der Waals surface area contributed by atoms with E-state index in [9.17, 15) is 18.0 Å². The van der Waals surface area contributed by atoms with Crippen molar-refractivity contribution in [2.24, 2.45) is 0 Å². The van der Waals surface area contributed by atoms with Crippen molar-refractivity contribution < 1.29 is 23.1 Å². The molecule has 0 atom stereocenters. The van der Waals surface area contributed by atoms with E-state index in [4.69, 9.17) is 5.11 Å². The molecule has 1 fully saturated rings. The Morgan fingerprint density at radius 2 is 1.67 bits per heavy atom. The summed E-state index contributed by atoms with van der Waals surface area (Å²) in [4.78, 5) is 24.3. The van der Waals surface area contributed by atoms with E-state index < -0.39 is 16.0 Å². The van der Waals surface area contributed by atoms with Gasteiger partial charge in [-0.1, -0.05) is 17.7 Å². The molecule has 1 amide bonds. The van der Waals surface area contributed by atoms with E-state index in [1.807, 2.05) is 6.92 Å². The van der Waals surface area contributed by atoms with Crippen LogP contribution >= 0.6 is 11.8 Å². The summed E-state index contributed by atoms with van der Waals surface area (Å²) in [6, 6.07) is 6.69. The van der Waals surface area contributed by atoms with Gasteiger partial charge in [-0.25, -0.2) is 8.42 Å². The lowest BCUT2D eigenvalue weighted by atomic mass is 10.2. The average Bonchev–Trinajstić information content (AvgIpc) is 2.55. The average molecular weight is 372 g/mol. The van der Waals surface area contributed by atoms with Gasteiger partial charge in [-0.2, -0.15) is 4.31 Å². The summed E-state index contributed by atoms with van der Waals surface area (Å²) in [5.74, 6) is -1.14. The van der Waals surface area contributed by atoms with Gasteiger partial charge in [-0.15, -0.1) is 11.8 Å². The number of carbonyl (C=O) groups excluding carboxylic acids is 1. The molecule has 0 bridgehead atoms. The molecular weight excluding hydrogens is 352 g/mol. The first-order chi connectivity index (χ1) is 11.3. The highest BCUT2D eigenvalue weighted by Gasteiger charge is 2.29. The molecule has 24 heavy (non-hydrogen) atoms. The Labute approximate surface area is 145 Å². The van der Waals surface area contributed by atoms with Crippen LogP contribution < -0.4 is 0 Å². The monoisotopic (exact) mass is 372 g/mol. The SMILES string of the molecule is Cc1ccc(S(=O)(=O)N2CCN(C(=O)CSCC(=O)O)CC2)cc1. The second-order valence-electron chi connectivity index (χ2n) is 5.48. The lowest BCUT2D eigenvalue weighted by Gasteiger charge is -2.34. The first-order valence-electron chi connectivity index (χ1n) is 7.45. The molecule has 0 saturated carbocycles. The zero-order chi connectivity index (χ0) is 17.7. The highest BCUT2D eigenvalue weighted by molar-refractivity contribution is 8.00. The number of carboxylic acid groups (broad SMARTS) is 1. The van der Waals surface area contributed by atoms with Crippen LogP contribution in [0, 0.1) is 6.92 Å². The van der Waals surface area contributed by atoms with E-state index in [0.717, 1.165) is 17.3 Å². The Morgan fingerprint density at radius 3 is 2.21 bits per heavy atom. The summed E-state index contributed by atoms with van der Waals surface area (Å²) < 4.78 is 26.5. The summed E-state index contributed by atoms with van der Waals surface area (Å²) >= 11 is 1.05. The first-order valence-corrected chi connectivity index (χ1v) is 10.0. The summed E-state index contributed by atoms with van der Waals surface area (Å²) in [5, 5.41) is 8.57. The van der Waals surface area contributed by atoms with Crippen molar-refractivity contribution in [1.82, 2.24) is 9.21 Å². The zero-order valence-corrected chi connectivity index (χ0v) is 15.0. The molecule has 1 aromatic rings. The number of rotatable bonds is 6. The molecule has 1 heterocycles. The van der Waals surface area contributed by atoms with Gasteiger partial charge in [0, 0.05) is 26.2 Å². The fourth-order valence-electron chi connectivity index (χ4n) is 2.35. The van der Waals surface area contributed by atoms with Gasteiger partial charge in [0.15, 0.2) is 0 Å². The topological polar surface area (TPSA) is 95.0 Å². The number of hydrogen-bond donors (Lipinski definition) is 1. The number of hydrogen-bond acceptors (Lipinski definition) is 5. The van der Waals surface area contributed by atoms with Gasteiger partial charge in [0.2, 0.25) is 15.9 Å². The minimum Gasteiger partial charge on any atom is -0.481 e. The van der Waals surface area contributed by atoms with Crippen molar-refractivity contribution in [2.45, 2.75) is 11.8 Å². The molecule has 7 nitrogen and oxygen atoms in total. The number of piperazine rings is 1. The number of thioether (sulfide) groups is 1. The number of aryl methyl sites for hydroxylation is 1. The summed E-state index contributed by atoms with van der Waals surface area (Å²) in [6.45, 7) is 3.01. The Kier molecular flexibility index (Phi) is 6.25. The molecule has 1 N–H and O–H groups in total. The smallest absolute Gasteiger partial charge is 0.313 e. The Hall–Kier alpha value is -1.58. The van der Waals surface area contributed by atoms with Gasteiger partial charge in [-0.3, -0.25) is 9.59 Å². The van der Waals surface area contributed by atoms with Gasteiger partial charge in [-0.05, 0) is 19.1 Å². The van der Waals surface area contributed by atoms with E-state index in [1.54, 1.807) is 29.2 Å². The fourth-order valence-corrected chi connectivity index (χ4v) is 4.41. The minimum absolute atomic E-state index is 0.0943. The number of nitrogens with zero attached hydrogens (tertiary/aromatic N) is 2. The molecule has 9 heteroatoms. The molecule has 1 aliphatic rings. The maximum absolute atomic E-state index is 12.6. The molecule has 2 rings (SSSR count). The maximum atomic E-state index is 12.6. The molecule has 0 aliphatic carbocycles. The van der Waals surface area contributed by atoms with Crippen LogP contribution in [0.25, 0.3) is 0 Å². The molecule has 132 valence electrons. The number of sulfonamides is 1. The zero-order valence-electron chi connectivity index (χ0n) is 13.3. The van der Waals surface area contributed by atoms with Crippen molar-refractivity contribution >= 4 is 33.7 Å². The minimum atomic E-state index is -3.54. The number of carboxylic acids is 1. The molecule has 0 unspecified atom stereocenters. The number of benzene rings is 1. The highest BCUT2D eigenvalue weighted by Crippen LogP contribution is 2.18. The summed E-state index contributed by atoms with van der Waals surface area (Å²) in [7, 11) is -3.54. The molecule has 0 aromatic heterocycles. The van der Waals surface area contributed by atoms with E-state index in [-0.39, 0.29) is 35.4 Å². The van der Waals surface area contributed by atoms with E-state index in [0.29, 0.717) is 13.1 Å². The van der Waals surface area contributed by atoms with Gasteiger partial charge >= 0.3 is 5.97 Å². The third-order valence-corrected chi connectivity index (χ3v) is 6.52. The lowest BCUT2D eigenvalue weighted by molar-refractivity contribution is -0.133. The van der Waals surface area contributed by atoms with Crippen molar-refractivity contribution in [2.75, 3.05) is 37.7 Å². The summed E-state index contributed by atoms with van der Waals surface area (Å²) in [5.41, 5.74) is 0.989. The van der Waals surface area contributed by atoms with Crippen LogP contribution in [0.4, 0.5) is 0 Å². The largest absolute Gasteiger partial charge is 0.481 e. The standard InChI is InChI=1S/C15H20N2O5S2/c1-12-2-4-13(5-3-12)24(21,22)17-8-6-16(7-9-17)14(18)10-23-11-15(19)20/h2-5H,6-11H2,1H3,(H,19,20). The second-order valence-corrected chi connectivity index (χ2v) is 8.41. The molecule has 1 saturated heterocycles. The molecule has 0 spiro atoms. The predicted octanol–water partition coefficient (Wildman–Crippen LogP) is 0.646. The van der Waals surface area contributed by atoms with Crippen molar-refractivity contribution in [1.29, 1.82) is 0 Å². The maximum Gasteiger partial charge on any atom is 0.313 e. The van der Waals surface area contributed by atoms with E-state index >= 15 is 0 Å². The quantitative estimate of drug-likeness (QED) is 0.788. The molecular formula is C15H20N2O5S2. The van der Waals surface area contributed by atoms with Crippen molar-refractivity contribution in [3.05, 3.63) is 29.8 Å². The van der Waals surface area contributed by atoms with Crippen molar-refractivity contribution in [3.63, 3.8) is 0 Å². The third-order valence-electron chi connectivity index (χ3n) is 3.70. The van der Waals surface area contributed by atoms with Crippen molar-refractivity contribution in [3.8, 4) is 0 Å². The lowest BCUT2D eigenvalue weighted by Crippen LogP contribution is -2.51. The van der Waals surface area contributed by atoms with Crippen LogP contribution in [-0.4, -0.2) is 72.3 Å². The normalized spacial score (nSPS) is 16.1. The second kappa shape index (κ2) is 8.00. The first kappa shape index (κ1) is 18.8. The number of amides is 1. The molecule has 1 aliphatic heterocycles. The van der Waals surface area contributed by atoms with Gasteiger partial charge in [0.05, 0.1) is 16.4 Å².